The van der Waals surface area contributed by atoms with E-state index in [1.54, 1.807) is 0 Å². The van der Waals surface area contributed by atoms with E-state index in [0.717, 1.165) is 89.2 Å². The summed E-state index contributed by atoms with van der Waals surface area (Å²) in [6.07, 6.45) is 10.7. The van der Waals surface area contributed by atoms with Crippen LogP contribution >= 0.6 is 0 Å². The van der Waals surface area contributed by atoms with Crippen molar-refractivity contribution in [2.75, 3.05) is 44.2 Å². The van der Waals surface area contributed by atoms with E-state index in [1.807, 2.05) is 34.2 Å². The van der Waals surface area contributed by atoms with Crippen molar-refractivity contribution in [3.05, 3.63) is 36.0 Å². The van der Waals surface area contributed by atoms with Gasteiger partial charge in [0.25, 0.3) is 0 Å². The molecule has 1 aliphatic carbocycles. The van der Waals surface area contributed by atoms with Crippen molar-refractivity contribution < 1.29 is 9.59 Å². The Bertz CT molecular complexity index is 741. The number of rotatable bonds is 5. The molecule has 0 N–H and O–H groups in total. The Hall–Kier alpha value is -2.37. The van der Waals surface area contributed by atoms with E-state index in [-0.39, 0.29) is 11.8 Å². The molecule has 1 atom stereocenters. The molecule has 6 heteroatoms. The number of aromatic nitrogens is 1. The largest absolute Gasteiger partial charge is 0.353 e. The van der Waals surface area contributed by atoms with Crippen LogP contribution in [0.5, 0.6) is 0 Å². The van der Waals surface area contributed by atoms with Gasteiger partial charge in [0, 0.05) is 57.5 Å². The van der Waals surface area contributed by atoms with Gasteiger partial charge in [-0.05, 0) is 56.6 Å². The van der Waals surface area contributed by atoms with Crippen LogP contribution in [0.3, 0.4) is 0 Å². The maximum Gasteiger partial charge on any atom is 0.249 e. The Morgan fingerprint density at radius 3 is 2.62 bits per heavy atom. The minimum Gasteiger partial charge on any atom is -0.353 e. The van der Waals surface area contributed by atoms with E-state index >= 15 is 0 Å². The maximum absolute atomic E-state index is 12.7. The van der Waals surface area contributed by atoms with Crippen molar-refractivity contribution in [3.63, 3.8) is 0 Å². The Morgan fingerprint density at radius 1 is 1.03 bits per heavy atom. The first kappa shape index (κ1) is 19.9. The van der Waals surface area contributed by atoms with E-state index < -0.39 is 0 Å². The molecular weight excluding hydrogens is 364 g/mol. The number of carbonyl (C=O) groups is 2. The van der Waals surface area contributed by atoms with Crippen LogP contribution in [-0.4, -0.2) is 65.9 Å². The van der Waals surface area contributed by atoms with Crippen LogP contribution in [0.4, 0.5) is 5.82 Å². The average molecular weight is 397 g/mol. The third-order valence-electron chi connectivity index (χ3n) is 6.49. The number of piperidine rings is 1. The Kier molecular flexibility index (Phi) is 6.47. The van der Waals surface area contributed by atoms with E-state index in [9.17, 15) is 9.59 Å². The SMILES string of the molecule is O=C(CC[C@@H]1CCCN(C(=O)C2=CCCC2)C1)N1CCN(c2ccccn2)CC1. The third-order valence-corrected chi connectivity index (χ3v) is 6.49. The lowest BCUT2D eigenvalue weighted by molar-refractivity contribution is -0.132. The number of piperazine rings is 1. The lowest BCUT2D eigenvalue weighted by Gasteiger charge is -2.36. The van der Waals surface area contributed by atoms with Gasteiger partial charge in [-0.15, -0.1) is 0 Å². The summed E-state index contributed by atoms with van der Waals surface area (Å²) in [4.78, 5) is 36.0. The summed E-state index contributed by atoms with van der Waals surface area (Å²) in [5, 5.41) is 0. The molecule has 6 nitrogen and oxygen atoms in total. The Morgan fingerprint density at radius 2 is 1.90 bits per heavy atom. The number of hydrogen-bond acceptors (Lipinski definition) is 4. The van der Waals surface area contributed by atoms with Crippen LogP contribution in [0.1, 0.15) is 44.9 Å². The van der Waals surface area contributed by atoms with Gasteiger partial charge in [-0.1, -0.05) is 12.1 Å². The first-order valence-corrected chi connectivity index (χ1v) is 11.1. The second kappa shape index (κ2) is 9.42. The van der Waals surface area contributed by atoms with Gasteiger partial charge >= 0.3 is 0 Å². The monoisotopic (exact) mass is 396 g/mol. The lowest BCUT2D eigenvalue weighted by atomic mass is 9.92. The zero-order valence-electron chi connectivity index (χ0n) is 17.3. The van der Waals surface area contributed by atoms with Crippen LogP contribution in [0.25, 0.3) is 0 Å². The molecule has 2 saturated heterocycles. The summed E-state index contributed by atoms with van der Waals surface area (Å²) in [6.45, 7) is 4.89. The van der Waals surface area contributed by atoms with Crippen LogP contribution in [-0.2, 0) is 9.59 Å². The molecule has 0 aromatic carbocycles. The van der Waals surface area contributed by atoms with E-state index in [1.165, 1.54) is 0 Å². The summed E-state index contributed by atoms with van der Waals surface area (Å²) in [5.74, 6) is 1.94. The molecule has 29 heavy (non-hydrogen) atoms. The zero-order chi connectivity index (χ0) is 20.1. The molecule has 2 amide bonds. The van der Waals surface area contributed by atoms with Crippen LogP contribution in [0.2, 0.25) is 0 Å². The van der Waals surface area contributed by atoms with Gasteiger partial charge in [-0.25, -0.2) is 4.98 Å². The van der Waals surface area contributed by atoms with E-state index in [4.69, 9.17) is 0 Å². The average Bonchev–Trinajstić information content (AvgIpc) is 3.33. The van der Waals surface area contributed by atoms with Gasteiger partial charge in [-0.3, -0.25) is 9.59 Å². The predicted octanol–water partition coefficient (Wildman–Crippen LogP) is 2.86. The van der Waals surface area contributed by atoms with Gasteiger partial charge in [0.05, 0.1) is 0 Å². The van der Waals surface area contributed by atoms with Crippen molar-refractivity contribution in [3.8, 4) is 0 Å². The topological polar surface area (TPSA) is 56.8 Å². The fraction of sp³-hybridized carbons (Fsp3) is 0.609. The highest BCUT2D eigenvalue weighted by Gasteiger charge is 2.28. The highest BCUT2D eigenvalue weighted by Crippen LogP contribution is 2.26. The van der Waals surface area contributed by atoms with Crippen molar-refractivity contribution in [2.24, 2.45) is 5.92 Å². The van der Waals surface area contributed by atoms with Crippen LogP contribution in [0, 0.1) is 5.92 Å². The molecule has 2 aliphatic heterocycles. The summed E-state index contributed by atoms with van der Waals surface area (Å²) < 4.78 is 0. The van der Waals surface area contributed by atoms with Gasteiger partial charge in [0.1, 0.15) is 5.82 Å². The van der Waals surface area contributed by atoms with Gasteiger partial charge < -0.3 is 14.7 Å². The molecule has 0 radical (unpaired) electrons. The second-order valence-corrected chi connectivity index (χ2v) is 8.48. The summed E-state index contributed by atoms with van der Waals surface area (Å²) in [6, 6.07) is 5.95. The quantitative estimate of drug-likeness (QED) is 0.768. The van der Waals surface area contributed by atoms with Crippen molar-refractivity contribution in [2.45, 2.75) is 44.9 Å². The van der Waals surface area contributed by atoms with Crippen LogP contribution < -0.4 is 4.90 Å². The predicted molar refractivity (Wildman–Crippen MR) is 114 cm³/mol. The molecule has 3 aliphatic rings. The molecule has 3 heterocycles. The minimum atomic E-state index is 0.240. The number of nitrogens with zero attached hydrogens (tertiary/aromatic N) is 4. The van der Waals surface area contributed by atoms with Crippen LogP contribution in [0.15, 0.2) is 36.0 Å². The summed E-state index contributed by atoms with van der Waals surface area (Å²) >= 11 is 0. The normalized spacial score (nSPS) is 22.6. The molecule has 4 rings (SSSR count). The van der Waals surface area contributed by atoms with E-state index in [0.29, 0.717) is 12.3 Å². The standard InChI is InChI=1S/C23H32N4O2/c28-22(26-16-14-25(15-17-26)21-9-3-4-12-24-21)11-10-19-6-5-13-27(18-19)23(29)20-7-1-2-8-20/h3-4,7,9,12,19H,1-2,5-6,8,10-11,13-18H2/t19-/m0/s1. The van der Waals surface area contributed by atoms with E-state index in [2.05, 4.69) is 16.0 Å². The summed E-state index contributed by atoms with van der Waals surface area (Å²) in [5.41, 5.74) is 1.01. The van der Waals surface area contributed by atoms with Crippen molar-refractivity contribution in [1.82, 2.24) is 14.8 Å². The molecule has 0 unspecified atom stereocenters. The van der Waals surface area contributed by atoms with Gasteiger partial charge in [0.2, 0.25) is 11.8 Å². The maximum atomic E-state index is 12.7. The molecule has 0 spiro atoms. The van der Waals surface area contributed by atoms with Gasteiger partial charge in [0.15, 0.2) is 0 Å². The number of pyridine rings is 1. The molecular formula is C23H32N4O2. The van der Waals surface area contributed by atoms with Crippen molar-refractivity contribution >= 4 is 17.6 Å². The molecule has 1 aromatic rings. The summed E-state index contributed by atoms with van der Waals surface area (Å²) in [7, 11) is 0. The molecule has 0 saturated carbocycles. The first-order chi connectivity index (χ1) is 14.2. The smallest absolute Gasteiger partial charge is 0.249 e. The number of carbonyl (C=O) groups excluding carboxylic acids is 2. The Labute approximate surface area is 173 Å². The Balaban J connectivity index is 1.21. The zero-order valence-corrected chi connectivity index (χ0v) is 17.3. The second-order valence-electron chi connectivity index (χ2n) is 8.48. The molecule has 1 aromatic heterocycles. The fourth-order valence-electron chi connectivity index (χ4n) is 4.76. The fourth-order valence-corrected chi connectivity index (χ4v) is 4.76. The number of anilines is 1. The molecule has 156 valence electrons. The third kappa shape index (κ3) is 4.98. The number of hydrogen-bond donors (Lipinski definition) is 0. The van der Waals surface area contributed by atoms with Crippen molar-refractivity contribution in [1.29, 1.82) is 0 Å². The van der Waals surface area contributed by atoms with Gasteiger partial charge in [-0.2, -0.15) is 0 Å². The lowest BCUT2D eigenvalue weighted by Crippen LogP contribution is -2.49. The minimum absolute atomic E-state index is 0.240. The highest BCUT2D eigenvalue weighted by molar-refractivity contribution is 5.93. The number of amides is 2. The molecule has 2 fully saturated rings. The first-order valence-electron chi connectivity index (χ1n) is 11.1. The highest BCUT2D eigenvalue weighted by atomic mass is 16.2. The number of allylic oxidation sites excluding steroid dienone is 1. The molecule has 0 bridgehead atoms. The number of likely N-dealkylation sites (tertiary alicyclic amines) is 1.